The summed E-state index contributed by atoms with van der Waals surface area (Å²) in [6, 6.07) is 8.99. The molecule has 0 aliphatic carbocycles. The van der Waals surface area contributed by atoms with Crippen molar-refractivity contribution in [2.24, 2.45) is 0 Å². The molecule has 2 N–H and O–H groups in total. The van der Waals surface area contributed by atoms with Gasteiger partial charge in [0, 0.05) is 20.7 Å². The first-order valence-electron chi connectivity index (χ1n) is 6.51. The highest BCUT2D eigenvalue weighted by molar-refractivity contribution is 14.1. The average molecular weight is 436 g/mol. The first-order chi connectivity index (χ1) is 9.92. The Hall–Kier alpha value is -0.640. The number of rotatable bonds is 6. The predicted octanol–water partition coefficient (Wildman–Crippen LogP) is 3.57. The first kappa shape index (κ1) is 16.7. The molecular weight excluding hydrogens is 419 g/mol. The molecule has 0 spiro atoms. The van der Waals surface area contributed by atoms with Gasteiger partial charge >= 0.3 is 0 Å². The highest BCUT2D eigenvalue weighted by atomic mass is 127. The molecule has 2 rings (SSSR count). The Kier molecular flexibility index (Phi) is 5.64. The van der Waals surface area contributed by atoms with Crippen molar-refractivity contribution in [2.45, 2.75) is 24.6 Å². The summed E-state index contributed by atoms with van der Waals surface area (Å²) in [7, 11) is -3.51. The summed E-state index contributed by atoms with van der Waals surface area (Å²) in [5, 5.41) is 3.22. The van der Waals surface area contributed by atoms with E-state index in [9.17, 15) is 8.42 Å². The monoisotopic (exact) mass is 436 g/mol. The van der Waals surface area contributed by atoms with Gasteiger partial charge in [-0.15, -0.1) is 11.3 Å². The standard InChI is InChI=1S/C14H17IN2O2S2/c1-3-16-9-13-10(2)8-14(20-13)21(18,19)17-12-6-4-11(15)5-7-12/h4-8,16-17H,3,9H2,1-2H3. The van der Waals surface area contributed by atoms with Gasteiger partial charge in [-0.2, -0.15) is 0 Å². The molecule has 0 bridgehead atoms. The van der Waals surface area contributed by atoms with Gasteiger partial charge in [0.25, 0.3) is 10.0 Å². The highest BCUT2D eigenvalue weighted by Gasteiger charge is 2.18. The maximum Gasteiger partial charge on any atom is 0.271 e. The van der Waals surface area contributed by atoms with Gasteiger partial charge in [0.15, 0.2) is 0 Å². The number of benzene rings is 1. The molecule has 1 aromatic carbocycles. The fraction of sp³-hybridized carbons (Fsp3) is 0.286. The lowest BCUT2D eigenvalue weighted by molar-refractivity contribution is 0.603. The minimum atomic E-state index is -3.51. The molecule has 114 valence electrons. The molecule has 0 amide bonds. The molecule has 1 heterocycles. The number of hydrogen-bond acceptors (Lipinski definition) is 4. The number of anilines is 1. The SMILES string of the molecule is CCNCc1sc(S(=O)(=O)Nc2ccc(I)cc2)cc1C. The van der Waals surface area contributed by atoms with Crippen molar-refractivity contribution in [1.29, 1.82) is 0 Å². The molecule has 0 fully saturated rings. The first-order valence-corrected chi connectivity index (χ1v) is 9.88. The lowest BCUT2D eigenvalue weighted by atomic mass is 10.3. The van der Waals surface area contributed by atoms with E-state index < -0.39 is 10.0 Å². The number of halogens is 1. The largest absolute Gasteiger partial charge is 0.312 e. The third-order valence-electron chi connectivity index (χ3n) is 2.89. The van der Waals surface area contributed by atoms with Gasteiger partial charge in [-0.05, 0) is 72.0 Å². The van der Waals surface area contributed by atoms with Crippen molar-refractivity contribution >= 4 is 49.6 Å². The molecule has 21 heavy (non-hydrogen) atoms. The maximum absolute atomic E-state index is 12.4. The second kappa shape index (κ2) is 7.08. The summed E-state index contributed by atoms with van der Waals surface area (Å²) in [5.74, 6) is 0. The van der Waals surface area contributed by atoms with Crippen LogP contribution in [0.25, 0.3) is 0 Å². The topological polar surface area (TPSA) is 58.2 Å². The smallest absolute Gasteiger partial charge is 0.271 e. The molecule has 0 saturated carbocycles. The third-order valence-corrected chi connectivity index (χ3v) is 6.71. The van der Waals surface area contributed by atoms with Crippen molar-refractivity contribution in [2.75, 3.05) is 11.3 Å². The van der Waals surface area contributed by atoms with E-state index in [1.807, 2.05) is 26.0 Å². The lowest BCUT2D eigenvalue weighted by Gasteiger charge is -2.06. The van der Waals surface area contributed by atoms with E-state index in [2.05, 4.69) is 32.6 Å². The van der Waals surface area contributed by atoms with E-state index in [0.717, 1.165) is 20.6 Å². The van der Waals surface area contributed by atoms with Crippen LogP contribution in [0.4, 0.5) is 5.69 Å². The number of sulfonamides is 1. The molecule has 0 atom stereocenters. The van der Waals surface area contributed by atoms with Crippen LogP contribution in [0.2, 0.25) is 0 Å². The second-order valence-corrected chi connectivity index (χ2v) is 8.86. The maximum atomic E-state index is 12.4. The Morgan fingerprint density at radius 3 is 2.52 bits per heavy atom. The van der Waals surface area contributed by atoms with Crippen molar-refractivity contribution in [3.8, 4) is 0 Å². The van der Waals surface area contributed by atoms with Gasteiger partial charge in [0.1, 0.15) is 4.21 Å². The van der Waals surface area contributed by atoms with Crippen LogP contribution < -0.4 is 10.0 Å². The summed E-state index contributed by atoms with van der Waals surface area (Å²) in [6.07, 6.45) is 0. The van der Waals surface area contributed by atoms with Gasteiger partial charge in [-0.25, -0.2) is 8.42 Å². The Bertz CT molecular complexity index is 709. The molecule has 0 saturated heterocycles. The number of nitrogens with one attached hydrogen (secondary N) is 2. The zero-order valence-electron chi connectivity index (χ0n) is 11.8. The minimum absolute atomic E-state index is 0.353. The van der Waals surface area contributed by atoms with Crippen LogP contribution in [0.15, 0.2) is 34.5 Å². The van der Waals surface area contributed by atoms with Crippen molar-refractivity contribution in [3.05, 3.63) is 44.3 Å². The summed E-state index contributed by atoms with van der Waals surface area (Å²) in [5.41, 5.74) is 1.58. The van der Waals surface area contributed by atoms with E-state index >= 15 is 0 Å². The van der Waals surface area contributed by atoms with Gasteiger partial charge in [0.05, 0.1) is 0 Å². The molecule has 0 radical (unpaired) electrons. The van der Waals surface area contributed by atoms with Crippen LogP contribution in [-0.4, -0.2) is 15.0 Å². The minimum Gasteiger partial charge on any atom is -0.312 e. The predicted molar refractivity (Wildman–Crippen MR) is 96.4 cm³/mol. The number of hydrogen-bond donors (Lipinski definition) is 2. The summed E-state index contributed by atoms with van der Waals surface area (Å²) in [4.78, 5) is 1.06. The van der Waals surface area contributed by atoms with Crippen molar-refractivity contribution in [3.63, 3.8) is 0 Å². The van der Waals surface area contributed by atoms with Gasteiger partial charge in [0.2, 0.25) is 0 Å². The molecule has 1 aromatic heterocycles. The normalized spacial score (nSPS) is 11.6. The summed E-state index contributed by atoms with van der Waals surface area (Å²) >= 11 is 3.50. The van der Waals surface area contributed by atoms with Gasteiger partial charge in [-0.3, -0.25) is 4.72 Å². The molecule has 0 aliphatic heterocycles. The van der Waals surface area contributed by atoms with E-state index in [1.54, 1.807) is 18.2 Å². The third kappa shape index (κ3) is 4.41. The fourth-order valence-corrected chi connectivity index (χ4v) is 4.74. The van der Waals surface area contributed by atoms with Crippen LogP contribution in [0.5, 0.6) is 0 Å². The van der Waals surface area contributed by atoms with E-state index in [1.165, 1.54) is 11.3 Å². The van der Waals surface area contributed by atoms with E-state index in [0.29, 0.717) is 16.4 Å². The summed E-state index contributed by atoms with van der Waals surface area (Å²) < 4.78 is 28.8. The zero-order chi connectivity index (χ0) is 15.5. The van der Waals surface area contributed by atoms with Crippen LogP contribution in [0.3, 0.4) is 0 Å². The summed E-state index contributed by atoms with van der Waals surface area (Å²) in [6.45, 7) is 5.53. The Morgan fingerprint density at radius 2 is 1.90 bits per heavy atom. The second-order valence-electron chi connectivity index (χ2n) is 4.56. The van der Waals surface area contributed by atoms with Crippen LogP contribution in [0, 0.1) is 10.5 Å². The Labute approximate surface area is 143 Å². The van der Waals surface area contributed by atoms with Crippen LogP contribution >= 0.6 is 33.9 Å². The van der Waals surface area contributed by atoms with Crippen molar-refractivity contribution in [1.82, 2.24) is 5.32 Å². The van der Waals surface area contributed by atoms with E-state index in [-0.39, 0.29) is 0 Å². The molecule has 0 unspecified atom stereocenters. The molecule has 0 aliphatic rings. The van der Waals surface area contributed by atoms with Crippen LogP contribution in [0.1, 0.15) is 17.4 Å². The molecule has 7 heteroatoms. The molecule has 2 aromatic rings. The van der Waals surface area contributed by atoms with Crippen molar-refractivity contribution < 1.29 is 8.42 Å². The Morgan fingerprint density at radius 1 is 1.24 bits per heavy atom. The lowest BCUT2D eigenvalue weighted by Crippen LogP contribution is -2.11. The number of aryl methyl sites for hydroxylation is 1. The van der Waals surface area contributed by atoms with Gasteiger partial charge < -0.3 is 5.32 Å². The van der Waals surface area contributed by atoms with E-state index in [4.69, 9.17) is 0 Å². The zero-order valence-corrected chi connectivity index (χ0v) is 15.6. The molecular formula is C14H17IN2O2S2. The highest BCUT2D eigenvalue weighted by Crippen LogP contribution is 2.27. The number of thiophene rings is 1. The fourth-order valence-electron chi connectivity index (χ4n) is 1.76. The quantitative estimate of drug-likeness (QED) is 0.681. The van der Waals surface area contributed by atoms with Crippen LogP contribution in [-0.2, 0) is 16.6 Å². The Balaban J connectivity index is 2.21. The average Bonchev–Trinajstić information content (AvgIpc) is 2.81. The van der Waals surface area contributed by atoms with Gasteiger partial charge in [-0.1, -0.05) is 6.92 Å². The molecule has 4 nitrogen and oxygen atoms in total.